The molecular formula is C25H34F4O. The summed E-state index contributed by atoms with van der Waals surface area (Å²) in [6.45, 7) is 0.545. The van der Waals surface area contributed by atoms with E-state index in [1.807, 2.05) is 6.08 Å². The second-order valence-electron chi connectivity index (χ2n) is 9.16. The van der Waals surface area contributed by atoms with E-state index in [9.17, 15) is 17.6 Å². The first-order valence-electron chi connectivity index (χ1n) is 11.5. The predicted octanol–water partition coefficient (Wildman–Crippen LogP) is 8.39. The Kier molecular flexibility index (Phi) is 8.64. The van der Waals surface area contributed by atoms with Gasteiger partial charge in [-0.25, -0.2) is 8.78 Å². The molecule has 0 saturated heterocycles. The second-order valence-corrected chi connectivity index (χ2v) is 9.16. The van der Waals surface area contributed by atoms with Crippen molar-refractivity contribution >= 4 is 0 Å². The van der Waals surface area contributed by atoms with Crippen LogP contribution < -0.4 is 4.74 Å². The smallest absolute Gasteiger partial charge is 0.387 e. The van der Waals surface area contributed by atoms with Crippen LogP contribution in [-0.4, -0.2) is 6.61 Å². The van der Waals surface area contributed by atoms with Crippen molar-refractivity contribution in [2.75, 3.05) is 0 Å². The Morgan fingerprint density at radius 1 is 0.900 bits per heavy atom. The molecule has 1 aromatic carbocycles. The summed E-state index contributed by atoms with van der Waals surface area (Å²) in [4.78, 5) is 0. The maximum Gasteiger partial charge on any atom is 0.387 e. The zero-order valence-corrected chi connectivity index (χ0v) is 17.7. The number of rotatable bonds is 9. The summed E-state index contributed by atoms with van der Waals surface area (Å²) in [5.41, 5.74) is 0.563. The van der Waals surface area contributed by atoms with Gasteiger partial charge < -0.3 is 4.74 Å². The summed E-state index contributed by atoms with van der Waals surface area (Å²) in [5.74, 6) is -0.611. The Hall–Kier alpha value is -1.52. The van der Waals surface area contributed by atoms with Crippen molar-refractivity contribution in [3.05, 3.63) is 42.0 Å². The molecule has 0 radical (unpaired) electrons. The number of benzene rings is 1. The normalized spacial score (nSPS) is 27.2. The van der Waals surface area contributed by atoms with Gasteiger partial charge in [0.1, 0.15) is 0 Å². The lowest BCUT2D eigenvalue weighted by atomic mass is 9.68. The number of alkyl halides is 2. The zero-order chi connectivity index (χ0) is 21.5. The fraction of sp³-hybridized carbons (Fsp3) is 0.680. The van der Waals surface area contributed by atoms with E-state index in [1.165, 1.54) is 57.1 Å². The van der Waals surface area contributed by atoms with E-state index in [0.717, 1.165) is 43.9 Å². The van der Waals surface area contributed by atoms with Crippen LogP contribution in [-0.2, 0) is 0 Å². The summed E-state index contributed by atoms with van der Waals surface area (Å²) in [6, 6.07) is 2.34. The molecule has 0 spiro atoms. The number of unbranched alkanes of at least 4 members (excludes halogenated alkanes) is 2. The minimum Gasteiger partial charge on any atom is -0.429 e. The summed E-state index contributed by atoms with van der Waals surface area (Å²) in [5, 5.41) is 0. The van der Waals surface area contributed by atoms with Gasteiger partial charge in [0.15, 0.2) is 17.4 Å². The van der Waals surface area contributed by atoms with Gasteiger partial charge in [-0.2, -0.15) is 8.78 Å². The average Bonchev–Trinajstić information content (AvgIpc) is 2.74. The Morgan fingerprint density at radius 2 is 1.47 bits per heavy atom. The van der Waals surface area contributed by atoms with Crippen LogP contribution >= 0.6 is 0 Å². The zero-order valence-electron chi connectivity index (χ0n) is 17.7. The lowest BCUT2D eigenvalue weighted by molar-refractivity contribution is -0.0546. The van der Waals surface area contributed by atoms with E-state index in [4.69, 9.17) is 0 Å². The molecule has 0 heterocycles. The molecule has 0 aliphatic heterocycles. The minimum absolute atomic E-state index is 0.0899. The SMILES string of the molecule is C=CCCCC[C@H]1CC[C@H]([C@H]2CC[C@H](c3cc(F)c(OC(F)F)c(F)c3)CC2)CC1. The Bertz CT molecular complexity index is 651. The lowest BCUT2D eigenvalue weighted by Crippen LogP contribution is -2.25. The molecule has 0 amide bonds. The molecule has 168 valence electrons. The second kappa shape index (κ2) is 11.2. The monoisotopic (exact) mass is 426 g/mol. The van der Waals surface area contributed by atoms with Gasteiger partial charge in [0.05, 0.1) is 0 Å². The Morgan fingerprint density at radius 3 is 2.00 bits per heavy atom. The molecule has 0 aromatic heterocycles. The van der Waals surface area contributed by atoms with Crippen molar-refractivity contribution in [2.45, 2.75) is 89.6 Å². The van der Waals surface area contributed by atoms with E-state index in [1.54, 1.807) is 0 Å². The van der Waals surface area contributed by atoms with Crippen LogP contribution in [0.25, 0.3) is 0 Å². The lowest BCUT2D eigenvalue weighted by Gasteiger charge is -2.38. The van der Waals surface area contributed by atoms with E-state index in [0.29, 0.717) is 11.5 Å². The molecule has 0 unspecified atom stereocenters. The molecule has 3 rings (SSSR count). The maximum atomic E-state index is 14.1. The van der Waals surface area contributed by atoms with Crippen molar-refractivity contribution in [2.24, 2.45) is 17.8 Å². The van der Waals surface area contributed by atoms with Crippen molar-refractivity contribution < 1.29 is 22.3 Å². The van der Waals surface area contributed by atoms with Crippen molar-refractivity contribution in [1.29, 1.82) is 0 Å². The van der Waals surface area contributed by atoms with E-state index < -0.39 is 24.0 Å². The highest BCUT2D eigenvalue weighted by atomic mass is 19.3. The molecule has 0 N–H and O–H groups in total. The number of hydrogen-bond donors (Lipinski definition) is 0. The molecule has 0 atom stereocenters. The van der Waals surface area contributed by atoms with Crippen molar-refractivity contribution in [3.63, 3.8) is 0 Å². The molecule has 1 nitrogen and oxygen atoms in total. The fourth-order valence-corrected chi connectivity index (χ4v) is 5.61. The first kappa shape index (κ1) is 23.1. The Labute approximate surface area is 177 Å². The average molecular weight is 427 g/mol. The molecule has 2 saturated carbocycles. The van der Waals surface area contributed by atoms with E-state index >= 15 is 0 Å². The molecule has 2 fully saturated rings. The third-order valence-electron chi connectivity index (χ3n) is 7.30. The van der Waals surface area contributed by atoms with Gasteiger partial charge in [-0.3, -0.25) is 0 Å². The summed E-state index contributed by atoms with van der Waals surface area (Å²) in [6.07, 6.45) is 16.3. The quantitative estimate of drug-likeness (QED) is 0.219. The standard InChI is InChI=1S/C25H34F4O/c1-2-3-4-5-6-17-7-9-18(10-8-17)19-11-13-20(14-12-19)21-15-22(26)24(23(27)16-21)30-25(28)29/h2,15-20,25H,1,3-14H2/t17-,18-,19-,20-. The van der Waals surface area contributed by atoms with Crippen LogP contribution in [0, 0.1) is 29.4 Å². The van der Waals surface area contributed by atoms with Gasteiger partial charge >= 0.3 is 6.61 Å². The number of halogens is 4. The third-order valence-corrected chi connectivity index (χ3v) is 7.30. The molecule has 30 heavy (non-hydrogen) atoms. The maximum absolute atomic E-state index is 14.1. The van der Waals surface area contributed by atoms with Gasteiger partial charge in [0, 0.05) is 0 Å². The molecule has 2 aliphatic rings. The summed E-state index contributed by atoms with van der Waals surface area (Å²) < 4.78 is 56.7. The van der Waals surface area contributed by atoms with Gasteiger partial charge in [-0.1, -0.05) is 31.8 Å². The molecule has 1 aromatic rings. The highest BCUT2D eigenvalue weighted by molar-refractivity contribution is 5.33. The van der Waals surface area contributed by atoms with Gasteiger partial charge in [-0.05, 0) is 92.7 Å². The van der Waals surface area contributed by atoms with E-state index in [2.05, 4.69) is 11.3 Å². The Balaban J connectivity index is 1.46. The number of hydrogen-bond acceptors (Lipinski definition) is 1. The first-order valence-corrected chi connectivity index (χ1v) is 11.5. The molecule has 0 bridgehead atoms. The largest absolute Gasteiger partial charge is 0.429 e. The first-order chi connectivity index (χ1) is 14.5. The molecule has 2 aliphatic carbocycles. The van der Waals surface area contributed by atoms with Crippen LogP contribution in [0.1, 0.15) is 88.5 Å². The van der Waals surface area contributed by atoms with Crippen LogP contribution in [0.2, 0.25) is 0 Å². The number of ether oxygens (including phenoxy) is 1. The van der Waals surface area contributed by atoms with Gasteiger partial charge in [0.2, 0.25) is 0 Å². The molecule has 5 heteroatoms. The highest BCUT2D eigenvalue weighted by Gasteiger charge is 2.32. The van der Waals surface area contributed by atoms with E-state index in [-0.39, 0.29) is 5.92 Å². The minimum atomic E-state index is -3.24. The van der Waals surface area contributed by atoms with Crippen LogP contribution in [0.4, 0.5) is 17.6 Å². The third kappa shape index (κ3) is 6.24. The highest BCUT2D eigenvalue weighted by Crippen LogP contribution is 2.45. The van der Waals surface area contributed by atoms with Crippen LogP contribution in [0.5, 0.6) is 5.75 Å². The fourth-order valence-electron chi connectivity index (χ4n) is 5.61. The molecular weight excluding hydrogens is 392 g/mol. The summed E-state index contributed by atoms with van der Waals surface area (Å²) >= 11 is 0. The number of allylic oxidation sites excluding steroid dienone is 1. The van der Waals surface area contributed by atoms with Crippen molar-refractivity contribution in [1.82, 2.24) is 0 Å². The van der Waals surface area contributed by atoms with Gasteiger partial charge in [0.25, 0.3) is 0 Å². The van der Waals surface area contributed by atoms with Crippen molar-refractivity contribution in [3.8, 4) is 5.75 Å². The predicted molar refractivity (Wildman–Crippen MR) is 112 cm³/mol. The van der Waals surface area contributed by atoms with Gasteiger partial charge in [-0.15, -0.1) is 6.58 Å². The van der Waals surface area contributed by atoms with Crippen LogP contribution in [0.3, 0.4) is 0 Å². The summed E-state index contributed by atoms with van der Waals surface area (Å²) in [7, 11) is 0. The van der Waals surface area contributed by atoms with Crippen LogP contribution in [0.15, 0.2) is 24.8 Å². The topological polar surface area (TPSA) is 9.23 Å².